The van der Waals surface area contributed by atoms with Crippen LogP contribution in [0.1, 0.15) is 43.4 Å². The number of rotatable bonds is 3. The van der Waals surface area contributed by atoms with Crippen LogP contribution in [0.2, 0.25) is 0 Å². The maximum atomic E-state index is 9.79. The van der Waals surface area contributed by atoms with Crippen LogP contribution < -0.4 is 5.32 Å². The summed E-state index contributed by atoms with van der Waals surface area (Å²) in [6, 6.07) is 9.03. The molecule has 0 aromatic heterocycles. The molecule has 1 aliphatic rings. The third-order valence-corrected chi connectivity index (χ3v) is 3.60. The smallest absolute Gasteiger partial charge is 0.0693 e. The molecule has 88 valence electrons. The minimum Gasteiger partial charge on any atom is -0.392 e. The van der Waals surface area contributed by atoms with E-state index in [4.69, 9.17) is 0 Å². The molecule has 1 aromatic rings. The fraction of sp³-hybridized carbons (Fsp3) is 0.571. The first-order valence-electron chi connectivity index (χ1n) is 6.18. The summed E-state index contributed by atoms with van der Waals surface area (Å²) in [6.45, 7) is 4.31. The second-order valence-corrected chi connectivity index (χ2v) is 4.85. The SMILES string of the molecule is Cc1ccccc1[C@@H](C)N[C@H]1CCC[C@@H]1O. The Morgan fingerprint density at radius 1 is 1.31 bits per heavy atom. The molecule has 0 bridgehead atoms. The van der Waals surface area contributed by atoms with Gasteiger partial charge in [-0.1, -0.05) is 24.3 Å². The Labute approximate surface area is 97.7 Å². The van der Waals surface area contributed by atoms with E-state index in [1.54, 1.807) is 0 Å². The zero-order valence-corrected chi connectivity index (χ0v) is 10.1. The summed E-state index contributed by atoms with van der Waals surface area (Å²) in [4.78, 5) is 0. The Morgan fingerprint density at radius 3 is 2.69 bits per heavy atom. The quantitative estimate of drug-likeness (QED) is 0.819. The van der Waals surface area contributed by atoms with Gasteiger partial charge in [0.15, 0.2) is 0 Å². The van der Waals surface area contributed by atoms with Gasteiger partial charge in [0, 0.05) is 12.1 Å². The van der Waals surface area contributed by atoms with Crippen LogP contribution in [-0.4, -0.2) is 17.3 Å². The van der Waals surface area contributed by atoms with E-state index < -0.39 is 0 Å². The fourth-order valence-electron chi connectivity index (χ4n) is 2.62. The van der Waals surface area contributed by atoms with Gasteiger partial charge in [0.25, 0.3) is 0 Å². The molecule has 2 nitrogen and oxygen atoms in total. The molecule has 0 radical (unpaired) electrons. The summed E-state index contributed by atoms with van der Waals surface area (Å²) in [7, 11) is 0. The van der Waals surface area contributed by atoms with Crippen LogP contribution in [0, 0.1) is 6.92 Å². The summed E-state index contributed by atoms with van der Waals surface area (Å²) in [5.74, 6) is 0. The van der Waals surface area contributed by atoms with E-state index in [2.05, 4.69) is 43.4 Å². The van der Waals surface area contributed by atoms with Gasteiger partial charge in [0.05, 0.1) is 6.10 Å². The van der Waals surface area contributed by atoms with Crippen molar-refractivity contribution in [2.75, 3.05) is 0 Å². The molecule has 0 amide bonds. The highest BCUT2D eigenvalue weighted by atomic mass is 16.3. The van der Waals surface area contributed by atoms with E-state index in [1.165, 1.54) is 11.1 Å². The third kappa shape index (κ3) is 2.45. The molecule has 1 aliphatic carbocycles. The molecule has 1 fully saturated rings. The first-order chi connectivity index (χ1) is 7.68. The number of hydrogen-bond acceptors (Lipinski definition) is 2. The van der Waals surface area contributed by atoms with Crippen LogP contribution in [0.3, 0.4) is 0 Å². The Balaban J connectivity index is 2.03. The molecule has 2 rings (SSSR count). The number of aryl methyl sites for hydroxylation is 1. The van der Waals surface area contributed by atoms with Crippen LogP contribution in [0.5, 0.6) is 0 Å². The Kier molecular flexibility index (Phi) is 3.62. The largest absolute Gasteiger partial charge is 0.392 e. The van der Waals surface area contributed by atoms with E-state index in [1.807, 2.05) is 0 Å². The number of benzene rings is 1. The summed E-state index contributed by atoms with van der Waals surface area (Å²) in [5, 5.41) is 13.3. The summed E-state index contributed by atoms with van der Waals surface area (Å²) < 4.78 is 0. The molecular weight excluding hydrogens is 198 g/mol. The summed E-state index contributed by atoms with van der Waals surface area (Å²) in [6.07, 6.45) is 3.01. The van der Waals surface area contributed by atoms with Crippen LogP contribution >= 0.6 is 0 Å². The second kappa shape index (κ2) is 4.98. The van der Waals surface area contributed by atoms with Crippen molar-refractivity contribution < 1.29 is 5.11 Å². The Morgan fingerprint density at radius 2 is 2.06 bits per heavy atom. The molecule has 0 aliphatic heterocycles. The number of nitrogens with one attached hydrogen (secondary N) is 1. The molecule has 2 N–H and O–H groups in total. The minimum absolute atomic E-state index is 0.161. The highest BCUT2D eigenvalue weighted by Crippen LogP contribution is 2.23. The first kappa shape index (κ1) is 11.6. The van der Waals surface area contributed by atoms with E-state index in [0.717, 1.165) is 19.3 Å². The van der Waals surface area contributed by atoms with E-state index in [0.29, 0.717) is 6.04 Å². The van der Waals surface area contributed by atoms with Gasteiger partial charge in [-0.2, -0.15) is 0 Å². The van der Waals surface area contributed by atoms with Gasteiger partial charge in [-0.3, -0.25) is 0 Å². The molecule has 0 unspecified atom stereocenters. The van der Waals surface area contributed by atoms with Gasteiger partial charge < -0.3 is 10.4 Å². The number of aliphatic hydroxyl groups is 1. The maximum Gasteiger partial charge on any atom is 0.0693 e. The molecule has 16 heavy (non-hydrogen) atoms. The monoisotopic (exact) mass is 219 g/mol. The van der Waals surface area contributed by atoms with Crippen molar-refractivity contribution in [3.05, 3.63) is 35.4 Å². The maximum absolute atomic E-state index is 9.79. The Bertz CT molecular complexity index is 350. The standard InChI is InChI=1S/C14H21NO/c1-10-6-3-4-7-12(10)11(2)15-13-8-5-9-14(13)16/h3-4,6-7,11,13-16H,5,8-9H2,1-2H3/t11-,13+,14+/m1/s1. The van der Waals surface area contributed by atoms with Crippen molar-refractivity contribution >= 4 is 0 Å². The van der Waals surface area contributed by atoms with E-state index in [9.17, 15) is 5.11 Å². The lowest BCUT2D eigenvalue weighted by molar-refractivity contribution is 0.144. The molecule has 2 heteroatoms. The molecular formula is C14H21NO. The summed E-state index contributed by atoms with van der Waals surface area (Å²) in [5.41, 5.74) is 2.65. The predicted octanol–water partition coefficient (Wildman–Crippen LogP) is 2.56. The number of hydrogen-bond donors (Lipinski definition) is 2. The lowest BCUT2D eigenvalue weighted by Crippen LogP contribution is -2.37. The van der Waals surface area contributed by atoms with Crippen LogP contribution in [0.25, 0.3) is 0 Å². The number of aliphatic hydroxyl groups excluding tert-OH is 1. The van der Waals surface area contributed by atoms with Crippen molar-refractivity contribution in [3.8, 4) is 0 Å². The topological polar surface area (TPSA) is 32.3 Å². The average molecular weight is 219 g/mol. The second-order valence-electron chi connectivity index (χ2n) is 4.85. The zero-order valence-electron chi connectivity index (χ0n) is 10.1. The van der Waals surface area contributed by atoms with Crippen molar-refractivity contribution in [1.29, 1.82) is 0 Å². The van der Waals surface area contributed by atoms with E-state index >= 15 is 0 Å². The zero-order chi connectivity index (χ0) is 11.5. The van der Waals surface area contributed by atoms with Crippen molar-refractivity contribution in [2.45, 2.75) is 51.3 Å². The molecule has 3 atom stereocenters. The highest BCUT2D eigenvalue weighted by Gasteiger charge is 2.26. The van der Waals surface area contributed by atoms with Crippen LogP contribution in [-0.2, 0) is 0 Å². The molecule has 0 spiro atoms. The van der Waals surface area contributed by atoms with Gasteiger partial charge in [-0.15, -0.1) is 0 Å². The minimum atomic E-state index is -0.161. The molecule has 0 saturated heterocycles. The molecule has 0 heterocycles. The molecule has 1 aromatic carbocycles. The van der Waals surface area contributed by atoms with Gasteiger partial charge in [0.1, 0.15) is 0 Å². The Hall–Kier alpha value is -0.860. The normalized spacial score (nSPS) is 26.9. The van der Waals surface area contributed by atoms with Gasteiger partial charge in [-0.05, 0) is 44.2 Å². The van der Waals surface area contributed by atoms with Gasteiger partial charge in [0.2, 0.25) is 0 Å². The lowest BCUT2D eigenvalue weighted by atomic mass is 10.0. The lowest BCUT2D eigenvalue weighted by Gasteiger charge is -2.23. The fourth-order valence-corrected chi connectivity index (χ4v) is 2.62. The molecule has 1 saturated carbocycles. The first-order valence-corrected chi connectivity index (χ1v) is 6.18. The highest BCUT2D eigenvalue weighted by molar-refractivity contribution is 5.28. The van der Waals surface area contributed by atoms with E-state index in [-0.39, 0.29) is 12.1 Å². The average Bonchev–Trinajstić information content (AvgIpc) is 2.65. The van der Waals surface area contributed by atoms with Gasteiger partial charge in [-0.25, -0.2) is 0 Å². The van der Waals surface area contributed by atoms with Crippen molar-refractivity contribution in [1.82, 2.24) is 5.32 Å². The predicted molar refractivity (Wildman–Crippen MR) is 66.4 cm³/mol. The van der Waals surface area contributed by atoms with Crippen molar-refractivity contribution in [3.63, 3.8) is 0 Å². The van der Waals surface area contributed by atoms with Crippen molar-refractivity contribution in [2.24, 2.45) is 0 Å². The summed E-state index contributed by atoms with van der Waals surface area (Å²) >= 11 is 0. The van der Waals surface area contributed by atoms with Crippen LogP contribution in [0.4, 0.5) is 0 Å². The van der Waals surface area contributed by atoms with Crippen LogP contribution in [0.15, 0.2) is 24.3 Å². The third-order valence-electron chi connectivity index (χ3n) is 3.60. The van der Waals surface area contributed by atoms with Gasteiger partial charge >= 0.3 is 0 Å².